The number of hydrogen-bond donors (Lipinski definition) is 0. The molecule has 0 aromatic rings. The first-order valence-corrected chi connectivity index (χ1v) is 2.18. The van der Waals surface area contributed by atoms with Gasteiger partial charge in [0.25, 0.3) is 0 Å². The predicted molar refractivity (Wildman–Crippen MR) is 35.5 cm³/mol. The van der Waals surface area contributed by atoms with Crippen molar-refractivity contribution in [3.63, 3.8) is 0 Å². The topological polar surface area (TPSA) is 0 Å². The Morgan fingerprint density at radius 2 is 2.43 bits per heavy atom. The van der Waals surface area contributed by atoms with E-state index in [1.807, 2.05) is 13.0 Å². The molecular weight excluding hydrogens is 81.7 g/mol. The van der Waals surface area contributed by atoms with Gasteiger partial charge in [-0.15, -0.1) is 0 Å². The van der Waals surface area contributed by atoms with E-state index in [0.29, 0.717) is 0 Å². The Bertz CT molecular complexity index is 92.6. The summed E-state index contributed by atoms with van der Waals surface area (Å²) in [6.45, 7) is 6.96. The summed E-state index contributed by atoms with van der Waals surface area (Å²) in [6.07, 6.45) is 3.60. The molecule has 0 unspecified atom stereocenters. The van der Waals surface area contributed by atoms with Gasteiger partial charge in [0.05, 0.1) is 0 Å². The number of rotatable bonds is 2. The van der Waals surface area contributed by atoms with Crippen LogP contribution in [0.5, 0.6) is 0 Å². The van der Waals surface area contributed by atoms with Crippen LogP contribution in [-0.2, 0) is 0 Å². The Hall–Kier alpha value is -0.390. The van der Waals surface area contributed by atoms with Crippen LogP contribution in [0.3, 0.4) is 0 Å². The summed E-state index contributed by atoms with van der Waals surface area (Å²) in [6, 6.07) is 0. The Labute approximate surface area is 46.2 Å². The second-order valence-electron chi connectivity index (χ2n) is 1.16. The van der Waals surface area contributed by atoms with Crippen LogP contribution in [0.2, 0.25) is 0 Å². The fourth-order valence-corrected chi connectivity index (χ4v) is 0.282. The summed E-state index contributed by atoms with van der Waals surface area (Å²) < 4.78 is 0. The first kappa shape index (κ1) is 6.61. The summed E-state index contributed by atoms with van der Waals surface area (Å²) in [5.74, 6) is 0. The zero-order valence-electron chi connectivity index (χ0n) is 4.52. The van der Waals surface area contributed by atoms with E-state index >= 15 is 0 Å². The monoisotopic (exact) mass is 89.1 g/mol. The standard InChI is InChI=1S/C5H7B2/c1-3-5(4-2)7-6/h3-4H,1H2,2H3/b5-4+. The van der Waals surface area contributed by atoms with E-state index in [1.165, 1.54) is 6.80 Å². The molecule has 7 heavy (non-hydrogen) atoms. The van der Waals surface area contributed by atoms with Crippen LogP contribution in [0.4, 0.5) is 0 Å². The molecule has 0 bridgehead atoms. The summed E-state index contributed by atoms with van der Waals surface area (Å²) in [5.41, 5.74) is 0.972. The van der Waals surface area contributed by atoms with Gasteiger partial charge in [-0.2, -0.15) is 0 Å². The van der Waals surface area contributed by atoms with Gasteiger partial charge in [0.15, 0.2) is 0 Å². The van der Waals surface area contributed by atoms with Gasteiger partial charge in [-0.3, -0.25) is 0 Å². The maximum absolute atomic E-state index is 5.13. The molecule has 0 N–H and O–H groups in total. The van der Waals surface area contributed by atoms with Gasteiger partial charge in [0.2, 0.25) is 0 Å². The van der Waals surface area contributed by atoms with E-state index in [2.05, 4.69) is 6.58 Å². The summed E-state index contributed by atoms with van der Waals surface area (Å²) >= 11 is 0. The van der Waals surface area contributed by atoms with Gasteiger partial charge in [0.1, 0.15) is 0 Å². The molecule has 0 aromatic carbocycles. The zero-order valence-corrected chi connectivity index (χ0v) is 4.52. The molecular formula is C5H7B2. The minimum atomic E-state index is 0.972. The van der Waals surface area contributed by atoms with Gasteiger partial charge in [-0.25, -0.2) is 0 Å². The molecule has 0 saturated heterocycles. The van der Waals surface area contributed by atoms with E-state index in [1.54, 1.807) is 6.08 Å². The molecule has 0 aromatic heterocycles. The molecule has 0 aliphatic rings. The van der Waals surface area contributed by atoms with Crippen molar-refractivity contribution in [1.29, 1.82) is 0 Å². The van der Waals surface area contributed by atoms with E-state index in [0.717, 1.165) is 5.47 Å². The van der Waals surface area contributed by atoms with Crippen molar-refractivity contribution in [2.45, 2.75) is 6.92 Å². The van der Waals surface area contributed by atoms with Crippen molar-refractivity contribution in [3.05, 3.63) is 24.2 Å². The van der Waals surface area contributed by atoms with Crippen LogP contribution in [0.1, 0.15) is 6.92 Å². The van der Waals surface area contributed by atoms with Crippen molar-refractivity contribution in [1.82, 2.24) is 0 Å². The second kappa shape index (κ2) is 3.79. The van der Waals surface area contributed by atoms with Crippen molar-refractivity contribution < 1.29 is 0 Å². The molecule has 0 rings (SSSR count). The molecule has 0 nitrogen and oxygen atoms in total. The molecule has 0 fully saturated rings. The normalized spacial score (nSPS) is 10.0. The van der Waals surface area contributed by atoms with E-state index in [-0.39, 0.29) is 0 Å². The Morgan fingerprint density at radius 1 is 1.86 bits per heavy atom. The van der Waals surface area contributed by atoms with Crippen LogP contribution in [0, 0.1) is 0 Å². The first-order valence-electron chi connectivity index (χ1n) is 2.18. The molecule has 0 aliphatic heterocycles. The molecule has 2 heteroatoms. The van der Waals surface area contributed by atoms with Crippen LogP contribution < -0.4 is 0 Å². The number of allylic oxidation sites excluding steroid dienone is 3. The van der Waals surface area contributed by atoms with Gasteiger partial charge in [0, 0.05) is 0 Å². The third-order valence-electron chi connectivity index (χ3n) is 0.761. The van der Waals surface area contributed by atoms with E-state index in [4.69, 9.17) is 7.37 Å². The molecule has 0 atom stereocenters. The molecule has 0 aliphatic carbocycles. The molecule has 1 radical (unpaired) electrons. The van der Waals surface area contributed by atoms with Crippen LogP contribution >= 0.6 is 0 Å². The molecule has 33 valence electrons. The predicted octanol–water partition coefficient (Wildman–Crippen LogP) is 0.864. The molecule has 0 saturated carbocycles. The van der Waals surface area contributed by atoms with Gasteiger partial charge in [-0.1, -0.05) is 0 Å². The SMILES string of the molecule is [B]=B/C(C=C)=C/C. The summed E-state index contributed by atoms with van der Waals surface area (Å²) in [7, 11) is 5.13. The summed E-state index contributed by atoms with van der Waals surface area (Å²) in [4.78, 5) is 0. The van der Waals surface area contributed by atoms with E-state index in [9.17, 15) is 0 Å². The fraction of sp³-hybridized carbons (Fsp3) is 0.200. The molecule has 0 spiro atoms. The van der Waals surface area contributed by atoms with Gasteiger partial charge >= 0.3 is 45.3 Å². The average molecular weight is 88.7 g/mol. The second-order valence-corrected chi connectivity index (χ2v) is 1.16. The third kappa shape index (κ3) is 2.32. The summed E-state index contributed by atoms with van der Waals surface area (Å²) in [5, 5.41) is 0. The van der Waals surface area contributed by atoms with Crippen LogP contribution in [0.25, 0.3) is 0 Å². The molecule has 0 heterocycles. The van der Waals surface area contributed by atoms with Gasteiger partial charge < -0.3 is 0 Å². The Kier molecular flexibility index (Phi) is 3.58. The van der Waals surface area contributed by atoms with Crippen molar-refractivity contribution in [2.75, 3.05) is 0 Å². The Morgan fingerprint density at radius 3 is 2.43 bits per heavy atom. The fourth-order valence-electron chi connectivity index (χ4n) is 0.282. The van der Waals surface area contributed by atoms with Crippen molar-refractivity contribution in [3.8, 4) is 0 Å². The van der Waals surface area contributed by atoms with Crippen LogP contribution in [-0.4, -0.2) is 14.2 Å². The van der Waals surface area contributed by atoms with Crippen LogP contribution in [0.15, 0.2) is 24.2 Å². The van der Waals surface area contributed by atoms with Crippen molar-refractivity contribution >= 4 is 14.2 Å². The molecule has 0 amide bonds. The zero-order chi connectivity index (χ0) is 5.70. The average Bonchev–Trinajstić information content (AvgIpc) is 1.72. The van der Waals surface area contributed by atoms with Gasteiger partial charge in [-0.05, 0) is 0 Å². The number of hydrogen-bond acceptors (Lipinski definition) is 0. The Balaban J connectivity index is 3.85. The minimum absolute atomic E-state index is 0.972. The maximum atomic E-state index is 5.13. The van der Waals surface area contributed by atoms with E-state index < -0.39 is 0 Å². The quantitative estimate of drug-likeness (QED) is 0.347. The van der Waals surface area contributed by atoms with Crippen molar-refractivity contribution in [2.24, 2.45) is 0 Å². The first-order chi connectivity index (χ1) is 3.35. The third-order valence-corrected chi connectivity index (χ3v) is 0.761.